The van der Waals surface area contributed by atoms with Gasteiger partial charge in [-0.05, 0) is 6.42 Å². The molecular formula is C10H12N4O. The van der Waals surface area contributed by atoms with Crippen molar-refractivity contribution in [3.63, 3.8) is 0 Å². The van der Waals surface area contributed by atoms with E-state index in [9.17, 15) is 0 Å². The van der Waals surface area contributed by atoms with Crippen LogP contribution in [0.15, 0.2) is 12.4 Å². The lowest BCUT2D eigenvalue weighted by Crippen LogP contribution is -2.32. The van der Waals surface area contributed by atoms with Gasteiger partial charge in [-0.25, -0.2) is 9.97 Å². The van der Waals surface area contributed by atoms with E-state index in [1.807, 2.05) is 18.0 Å². The number of hydrogen-bond acceptors (Lipinski definition) is 5. The van der Waals surface area contributed by atoms with E-state index in [0.717, 1.165) is 25.5 Å². The zero-order valence-electron chi connectivity index (χ0n) is 8.55. The molecule has 1 fully saturated rings. The van der Waals surface area contributed by atoms with Gasteiger partial charge in [-0.3, -0.25) is 0 Å². The molecule has 1 atom stereocenters. The molecule has 1 aromatic rings. The molecule has 0 spiro atoms. The summed E-state index contributed by atoms with van der Waals surface area (Å²) in [4.78, 5) is 10.2. The van der Waals surface area contributed by atoms with Crippen molar-refractivity contribution < 1.29 is 4.74 Å². The Morgan fingerprint density at radius 3 is 2.93 bits per heavy atom. The molecule has 0 aliphatic carbocycles. The van der Waals surface area contributed by atoms with Gasteiger partial charge >= 0.3 is 0 Å². The van der Waals surface area contributed by atoms with Gasteiger partial charge in [-0.1, -0.05) is 0 Å². The molecule has 2 rings (SSSR count). The minimum Gasteiger partial charge on any atom is -0.379 e. The predicted octanol–water partition coefficient (Wildman–Crippen LogP) is 0.573. The van der Waals surface area contributed by atoms with E-state index >= 15 is 0 Å². The highest BCUT2D eigenvalue weighted by molar-refractivity contribution is 5.37. The molecular weight excluding hydrogens is 192 g/mol. The summed E-state index contributed by atoms with van der Waals surface area (Å²) in [6, 6.07) is 2.31. The lowest BCUT2D eigenvalue weighted by atomic mass is 10.2. The SMILES string of the molecule is CN(c1cnc(C#N)cn1)C1CCOC1. The Labute approximate surface area is 88.3 Å². The van der Waals surface area contributed by atoms with E-state index in [4.69, 9.17) is 10.00 Å². The Bertz CT molecular complexity index is 364. The second-order valence-corrected chi connectivity index (χ2v) is 3.50. The topological polar surface area (TPSA) is 62.0 Å². The fourth-order valence-corrected chi connectivity index (χ4v) is 1.58. The third-order valence-electron chi connectivity index (χ3n) is 2.57. The third kappa shape index (κ3) is 2.05. The number of aromatic nitrogens is 2. The minimum absolute atomic E-state index is 0.342. The van der Waals surface area contributed by atoms with E-state index in [2.05, 4.69) is 9.97 Å². The molecule has 0 saturated carbocycles. The smallest absolute Gasteiger partial charge is 0.158 e. The first kappa shape index (κ1) is 9.87. The Hall–Kier alpha value is -1.67. The molecule has 5 heteroatoms. The molecule has 2 heterocycles. The summed E-state index contributed by atoms with van der Waals surface area (Å²) in [7, 11) is 1.97. The van der Waals surface area contributed by atoms with E-state index in [-0.39, 0.29) is 0 Å². The number of anilines is 1. The summed E-state index contributed by atoms with van der Waals surface area (Å²) >= 11 is 0. The van der Waals surface area contributed by atoms with Crippen molar-refractivity contribution >= 4 is 5.82 Å². The van der Waals surface area contributed by atoms with Gasteiger partial charge < -0.3 is 9.64 Å². The van der Waals surface area contributed by atoms with Gasteiger partial charge in [0, 0.05) is 13.7 Å². The number of ether oxygens (including phenoxy) is 1. The van der Waals surface area contributed by atoms with E-state index < -0.39 is 0 Å². The molecule has 0 radical (unpaired) electrons. The van der Waals surface area contributed by atoms with Crippen LogP contribution in [-0.4, -0.2) is 36.3 Å². The molecule has 0 amide bonds. The lowest BCUT2D eigenvalue weighted by molar-refractivity contribution is 0.193. The largest absolute Gasteiger partial charge is 0.379 e. The van der Waals surface area contributed by atoms with Crippen molar-refractivity contribution in [1.29, 1.82) is 5.26 Å². The van der Waals surface area contributed by atoms with Crippen molar-refractivity contribution in [2.75, 3.05) is 25.2 Å². The van der Waals surface area contributed by atoms with Gasteiger partial charge in [0.1, 0.15) is 11.9 Å². The average Bonchev–Trinajstić information content (AvgIpc) is 2.82. The summed E-state index contributed by atoms with van der Waals surface area (Å²) < 4.78 is 5.30. The molecule has 1 unspecified atom stereocenters. The maximum Gasteiger partial charge on any atom is 0.158 e. The molecule has 1 aromatic heterocycles. The van der Waals surface area contributed by atoms with Gasteiger partial charge in [0.05, 0.1) is 25.0 Å². The second-order valence-electron chi connectivity index (χ2n) is 3.50. The molecule has 1 aliphatic heterocycles. The first-order valence-corrected chi connectivity index (χ1v) is 4.84. The van der Waals surface area contributed by atoms with Crippen LogP contribution in [0, 0.1) is 11.3 Å². The summed E-state index contributed by atoms with van der Waals surface area (Å²) in [5.41, 5.74) is 0.342. The van der Waals surface area contributed by atoms with Gasteiger partial charge in [0.15, 0.2) is 5.69 Å². The molecule has 0 bridgehead atoms. The monoisotopic (exact) mass is 204 g/mol. The number of likely N-dealkylation sites (N-methyl/N-ethyl adjacent to an activating group) is 1. The van der Waals surface area contributed by atoms with E-state index in [1.165, 1.54) is 6.20 Å². The van der Waals surface area contributed by atoms with Crippen molar-refractivity contribution in [2.24, 2.45) is 0 Å². The Morgan fingerprint density at radius 2 is 2.40 bits per heavy atom. The van der Waals surface area contributed by atoms with Crippen molar-refractivity contribution in [3.05, 3.63) is 18.1 Å². The lowest BCUT2D eigenvalue weighted by Gasteiger charge is -2.23. The highest BCUT2D eigenvalue weighted by Gasteiger charge is 2.21. The summed E-state index contributed by atoms with van der Waals surface area (Å²) in [6.07, 6.45) is 4.12. The molecule has 1 saturated heterocycles. The average molecular weight is 204 g/mol. The molecule has 5 nitrogen and oxygen atoms in total. The van der Waals surface area contributed by atoms with Crippen LogP contribution in [0.2, 0.25) is 0 Å². The van der Waals surface area contributed by atoms with Crippen LogP contribution in [0.25, 0.3) is 0 Å². The van der Waals surface area contributed by atoms with Gasteiger partial charge in [-0.2, -0.15) is 5.26 Å². The molecule has 78 valence electrons. The second kappa shape index (κ2) is 4.24. The Balaban J connectivity index is 2.11. The van der Waals surface area contributed by atoms with Crippen LogP contribution in [0.4, 0.5) is 5.82 Å². The minimum atomic E-state index is 0.342. The first-order chi connectivity index (χ1) is 7.31. The van der Waals surface area contributed by atoms with Crippen LogP contribution in [0.1, 0.15) is 12.1 Å². The van der Waals surface area contributed by atoms with Crippen LogP contribution in [-0.2, 0) is 4.74 Å². The normalized spacial score (nSPS) is 19.9. The number of rotatable bonds is 2. The Kier molecular flexibility index (Phi) is 2.79. The van der Waals surface area contributed by atoms with Crippen LogP contribution >= 0.6 is 0 Å². The number of nitrogens with zero attached hydrogens (tertiary/aromatic N) is 4. The number of hydrogen-bond donors (Lipinski definition) is 0. The molecule has 1 aliphatic rings. The standard InChI is InChI=1S/C10H12N4O/c1-14(9-2-3-15-7-9)10-6-12-8(4-11)5-13-10/h5-6,9H,2-3,7H2,1H3. The van der Waals surface area contributed by atoms with Crippen molar-refractivity contribution in [2.45, 2.75) is 12.5 Å². The zero-order valence-corrected chi connectivity index (χ0v) is 8.55. The first-order valence-electron chi connectivity index (χ1n) is 4.84. The number of nitriles is 1. The van der Waals surface area contributed by atoms with Gasteiger partial charge in [0.2, 0.25) is 0 Å². The summed E-state index contributed by atoms with van der Waals surface area (Å²) in [6.45, 7) is 1.54. The van der Waals surface area contributed by atoms with Crippen LogP contribution < -0.4 is 4.90 Å². The molecule has 0 aromatic carbocycles. The summed E-state index contributed by atoms with van der Waals surface area (Å²) in [5.74, 6) is 0.782. The van der Waals surface area contributed by atoms with Gasteiger partial charge in [0.25, 0.3) is 0 Å². The fraction of sp³-hybridized carbons (Fsp3) is 0.500. The zero-order chi connectivity index (χ0) is 10.7. The Morgan fingerprint density at radius 1 is 1.53 bits per heavy atom. The highest BCUT2D eigenvalue weighted by atomic mass is 16.5. The maximum atomic E-state index is 8.59. The highest BCUT2D eigenvalue weighted by Crippen LogP contribution is 2.16. The van der Waals surface area contributed by atoms with Crippen molar-refractivity contribution in [3.8, 4) is 6.07 Å². The fourth-order valence-electron chi connectivity index (χ4n) is 1.58. The quantitative estimate of drug-likeness (QED) is 0.705. The van der Waals surface area contributed by atoms with E-state index in [1.54, 1.807) is 6.20 Å². The maximum absolute atomic E-state index is 8.59. The molecule has 15 heavy (non-hydrogen) atoms. The predicted molar refractivity (Wildman–Crippen MR) is 54.4 cm³/mol. The van der Waals surface area contributed by atoms with E-state index in [0.29, 0.717) is 11.7 Å². The summed E-state index contributed by atoms with van der Waals surface area (Å²) in [5, 5.41) is 8.59. The van der Waals surface area contributed by atoms with Crippen LogP contribution in [0.5, 0.6) is 0 Å². The van der Waals surface area contributed by atoms with Crippen molar-refractivity contribution in [1.82, 2.24) is 9.97 Å². The van der Waals surface area contributed by atoms with Crippen LogP contribution in [0.3, 0.4) is 0 Å². The molecule has 0 N–H and O–H groups in total. The third-order valence-corrected chi connectivity index (χ3v) is 2.57. The van der Waals surface area contributed by atoms with Gasteiger partial charge in [-0.15, -0.1) is 0 Å².